The molecule has 6 nitrogen and oxygen atoms in total. The summed E-state index contributed by atoms with van der Waals surface area (Å²) in [6, 6.07) is 0. The van der Waals surface area contributed by atoms with Gasteiger partial charge in [0.2, 0.25) is 0 Å². The van der Waals surface area contributed by atoms with Gasteiger partial charge < -0.3 is 14.2 Å². The van der Waals surface area contributed by atoms with Crippen LogP contribution < -0.4 is 0 Å². The summed E-state index contributed by atoms with van der Waals surface area (Å²) in [6.07, 6.45) is 100. The highest BCUT2D eigenvalue weighted by Crippen LogP contribution is 2.15. The Morgan fingerprint density at radius 2 is 0.470 bits per heavy atom. The molecular weight excluding hydrogens is 1020 g/mol. The Labute approximate surface area is 512 Å². The third kappa shape index (κ3) is 68.0. The molecule has 0 aliphatic rings. The van der Waals surface area contributed by atoms with Crippen molar-refractivity contribution in [3.05, 3.63) is 146 Å². The van der Waals surface area contributed by atoms with Crippen molar-refractivity contribution in [2.24, 2.45) is 0 Å². The van der Waals surface area contributed by atoms with Crippen LogP contribution in [0.2, 0.25) is 0 Å². The molecule has 0 aromatic heterocycles. The van der Waals surface area contributed by atoms with Crippen molar-refractivity contribution in [3.8, 4) is 0 Å². The molecule has 0 radical (unpaired) electrons. The molecule has 0 saturated carbocycles. The van der Waals surface area contributed by atoms with Gasteiger partial charge in [0.1, 0.15) is 13.2 Å². The molecule has 0 aromatic carbocycles. The largest absolute Gasteiger partial charge is 0.462 e. The molecule has 0 rings (SSSR count). The second kappa shape index (κ2) is 69.8. The molecule has 0 N–H and O–H groups in total. The standard InChI is InChI=1S/C77H126O6/c1-4-7-10-13-16-19-22-24-26-28-30-32-33-34-35-36-37-38-39-40-41-42-43-45-46-48-50-52-55-58-61-64-67-70-76(79)82-73-74(72-81-75(78)69-66-63-60-57-54-21-18-15-12-9-6-3)83-77(80)71-68-65-62-59-56-53-51-49-47-44-31-29-27-25-23-20-17-14-11-8-5-2/h7,10,16,19,23-26,29-32,34-35,37-38,40-41,43,45,48,50,55,58,74H,4-6,8-9,11-15,17-18,20-22,27-28,33,36,39,42,44,46-47,49,51-54,56-57,59-73H2,1-3H3/b10-7-,19-16-,25-23-,26-24-,31-29-,32-30-,35-34-,38-37-,41-40-,45-43-,50-48-,58-55-. The van der Waals surface area contributed by atoms with Crippen molar-refractivity contribution in [2.75, 3.05) is 13.2 Å². The second-order valence-corrected chi connectivity index (χ2v) is 22.4. The van der Waals surface area contributed by atoms with Gasteiger partial charge >= 0.3 is 17.9 Å². The van der Waals surface area contributed by atoms with Crippen LogP contribution in [0.15, 0.2) is 146 Å². The summed E-state index contributed by atoms with van der Waals surface area (Å²) in [5.41, 5.74) is 0. The van der Waals surface area contributed by atoms with Gasteiger partial charge in [-0.15, -0.1) is 0 Å². The van der Waals surface area contributed by atoms with Crippen molar-refractivity contribution in [1.82, 2.24) is 0 Å². The fourth-order valence-electron chi connectivity index (χ4n) is 9.21. The van der Waals surface area contributed by atoms with Crippen LogP contribution in [0.4, 0.5) is 0 Å². The first-order valence-electron chi connectivity index (χ1n) is 34.3. The number of hydrogen-bond acceptors (Lipinski definition) is 6. The fraction of sp³-hybridized carbons (Fsp3) is 0.649. The van der Waals surface area contributed by atoms with Gasteiger partial charge in [-0.3, -0.25) is 14.4 Å². The third-order valence-electron chi connectivity index (χ3n) is 14.3. The molecular formula is C77H126O6. The van der Waals surface area contributed by atoms with E-state index in [-0.39, 0.29) is 31.1 Å². The minimum Gasteiger partial charge on any atom is -0.462 e. The van der Waals surface area contributed by atoms with Crippen molar-refractivity contribution in [2.45, 2.75) is 309 Å². The van der Waals surface area contributed by atoms with E-state index in [0.717, 1.165) is 122 Å². The molecule has 0 aliphatic heterocycles. The van der Waals surface area contributed by atoms with Crippen LogP contribution in [-0.4, -0.2) is 37.2 Å². The first-order chi connectivity index (χ1) is 41.0. The van der Waals surface area contributed by atoms with Crippen LogP contribution in [0.25, 0.3) is 0 Å². The molecule has 0 spiro atoms. The van der Waals surface area contributed by atoms with E-state index in [1.54, 1.807) is 0 Å². The van der Waals surface area contributed by atoms with E-state index >= 15 is 0 Å². The summed E-state index contributed by atoms with van der Waals surface area (Å²) in [7, 11) is 0. The molecule has 83 heavy (non-hydrogen) atoms. The maximum atomic E-state index is 12.9. The van der Waals surface area contributed by atoms with E-state index in [0.29, 0.717) is 25.7 Å². The Kier molecular flexibility index (Phi) is 65.8. The summed E-state index contributed by atoms with van der Waals surface area (Å²) in [5, 5.41) is 0. The van der Waals surface area contributed by atoms with Crippen molar-refractivity contribution >= 4 is 17.9 Å². The number of esters is 3. The lowest BCUT2D eigenvalue weighted by Gasteiger charge is -2.18. The van der Waals surface area contributed by atoms with Gasteiger partial charge in [0.25, 0.3) is 0 Å². The van der Waals surface area contributed by atoms with Crippen LogP contribution in [0.3, 0.4) is 0 Å². The van der Waals surface area contributed by atoms with E-state index in [1.165, 1.54) is 135 Å². The van der Waals surface area contributed by atoms with E-state index in [1.807, 2.05) is 0 Å². The number of carbonyl (C=O) groups is 3. The van der Waals surface area contributed by atoms with E-state index in [4.69, 9.17) is 14.2 Å². The zero-order valence-corrected chi connectivity index (χ0v) is 53.9. The number of hydrogen-bond donors (Lipinski definition) is 0. The Bertz CT molecular complexity index is 1800. The fourth-order valence-corrected chi connectivity index (χ4v) is 9.21. The van der Waals surface area contributed by atoms with Gasteiger partial charge in [-0.2, -0.15) is 0 Å². The Balaban J connectivity index is 4.36. The van der Waals surface area contributed by atoms with Crippen molar-refractivity contribution < 1.29 is 28.6 Å². The number of allylic oxidation sites excluding steroid dienone is 24. The topological polar surface area (TPSA) is 78.9 Å². The summed E-state index contributed by atoms with van der Waals surface area (Å²) >= 11 is 0. The lowest BCUT2D eigenvalue weighted by molar-refractivity contribution is -0.167. The molecule has 6 heteroatoms. The van der Waals surface area contributed by atoms with E-state index < -0.39 is 6.10 Å². The summed E-state index contributed by atoms with van der Waals surface area (Å²) in [6.45, 7) is 6.48. The summed E-state index contributed by atoms with van der Waals surface area (Å²) < 4.78 is 16.9. The normalized spacial score (nSPS) is 13.0. The molecule has 0 saturated heterocycles. The monoisotopic (exact) mass is 1150 g/mol. The smallest absolute Gasteiger partial charge is 0.306 e. The molecule has 0 amide bonds. The predicted molar refractivity (Wildman–Crippen MR) is 362 cm³/mol. The molecule has 0 bridgehead atoms. The molecule has 0 aliphatic carbocycles. The third-order valence-corrected chi connectivity index (χ3v) is 14.3. The van der Waals surface area contributed by atoms with E-state index in [2.05, 4.69) is 167 Å². The lowest BCUT2D eigenvalue weighted by Crippen LogP contribution is -2.30. The Morgan fingerprint density at radius 3 is 0.759 bits per heavy atom. The number of unbranched alkanes of at least 4 members (excludes halogenated alkanes) is 26. The minimum absolute atomic E-state index is 0.0952. The van der Waals surface area contributed by atoms with Crippen LogP contribution >= 0.6 is 0 Å². The number of rotatable bonds is 61. The van der Waals surface area contributed by atoms with Crippen LogP contribution in [0.5, 0.6) is 0 Å². The van der Waals surface area contributed by atoms with Gasteiger partial charge in [0.15, 0.2) is 6.10 Å². The molecule has 0 fully saturated rings. The first-order valence-corrected chi connectivity index (χ1v) is 34.3. The Morgan fingerprint density at radius 1 is 0.253 bits per heavy atom. The van der Waals surface area contributed by atoms with Crippen LogP contribution in [0.1, 0.15) is 303 Å². The maximum Gasteiger partial charge on any atom is 0.306 e. The number of ether oxygens (including phenoxy) is 3. The van der Waals surface area contributed by atoms with Gasteiger partial charge in [-0.05, 0) is 128 Å². The lowest BCUT2D eigenvalue weighted by atomic mass is 10.1. The first kappa shape index (κ1) is 78.3. The summed E-state index contributed by atoms with van der Waals surface area (Å²) in [5.74, 6) is -0.942. The zero-order chi connectivity index (χ0) is 59.9. The minimum atomic E-state index is -0.803. The zero-order valence-electron chi connectivity index (χ0n) is 53.9. The van der Waals surface area contributed by atoms with Crippen LogP contribution in [-0.2, 0) is 28.6 Å². The summed E-state index contributed by atoms with van der Waals surface area (Å²) in [4.78, 5) is 38.3. The second-order valence-electron chi connectivity index (χ2n) is 22.4. The number of carbonyl (C=O) groups excluding carboxylic acids is 3. The molecule has 0 aromatic rings. The van der Waals surface area contributed by atoms with Crippen molar-refractivity contribution in [3.63, 3.8) is 0 Å². The molecule has 0 heterocycles. The van der Waals surface area contributed by atoms with Gasteiger partial charge in [-0.25, -0.2) is 0 Å². The average molecular weight is 1150 g/mol. The quantitative estimate of drug-likeness (QED) is 0.0261. The van der Waals surface area contributed by atoms with Crippen molar-refractivity contribution in [1.29, 1.82) is 0 Å². The molecule has 1 atom stereocenters. The maximum absolute atomic E-state index is 12.9. The van der Waals surface area contributed by atoms with Crippen LogP contribution in [0, 0.1) is 0 Å². The highest BCUT2D eigenvalue weighted by Gasteiger charge is 2.19. The molecule has 1 unspecified atom stereocenters. The highest BCUT2D eigenvalue weighted by atomic mass is 16.6. The Hall–Kier alpha value is -4.71. The average Bonchev–Trinajstić information content (AvgIpc) is 3.48. The van der Waals surface area contributed by atoms with Gasteiger partial charge in [0, 0.05) is 19.3 Å². The highest BCUT2D eigenvalue weighted by molar-refractivity contribution is 5.71. The molecule has 470 valence electrons. The van der Waals surface area contributed by atoms with E-state index in [9.17, 15) is 14.4 Å². The van der Waals surface area contributed by atoms with Gasteiger partial charge in [-0.1, -0.05) is 301 Å². The SMILES string of the molecule is CC/C=C\C/C=C\C/C=C\C/C=C\C/C=C\C/C=C\C/C=C\C/C=C\C/C=C\C/C=C\CCCCC(=O)OCC(COC(=O)CCCCCCCCCCCCC)OC(=O)CCCCCCCCCCC/C=C\C/C=C\CCCCCCC. The van der Waals surface area contributed by atoms with Gasteiger partial charge in [0.05, 0.1) is 0 Å². The predicted octanol–water partition coefficient (Wildman–Crippen LogP) is 23.9.